The molecule has 0 radical (unpaired) electrons. The Hall–Kier alpha value is -2.49. The average Bonchev–Trinajstić information content (AvgIpc) is 2.98. The molecule has 2 heterocycles. The molecule has 2 N–H and O–H groups in total. The molecule has 136 valence electrons. The minimum absolute atomic E-state index is 0.0878. The molecule has 0 aromatic carbocycles. The number of carbonyl (C=O) groups is 2. The molecular formula is C18H27N5O2. The molecule has 0 atom stereocenters. The maximum Gasteiger partial charge on any atom is 0.320 e. The summed E-state index contributed by atoms with van der Waals surface area (Å²) in [7, 11) is 0. The van der Waals surface area contributed by atoms with Crippen LogP contribution < -0.4 is 10.6 Å². The van der Waals surface area contributed by atoms with Crippen molar-refractivity contribution >= 4 is 17.8 Å². The van der Waals surface area contributed by atoms with E-state index in [1.54, 1.807) is 12.3 Å². The summed E-state index contributed by atoms with van der Waals surface area (Å²) in [6.45, 7) is 7.92. The Kier molecular flexibility index (Phi) is 6.07. The maximum absolute atomic E-state index is 12.1. The van der Waals surface area contributed by atoms with E-state index in [-0.39, 0.29) is 17.5 Å². The van der Waals surface area contributed by atoms with Gasteiger partial charge in [-0.15, -0.1) is 0 Å². The summed E-state index contributed by atoms with van der Waals surface area (Å²) in [5.41, 5.74) is 0.229. The molecule has 1 aromatic heterocycles. The normalized spacial score (nSPS) is 14.7. The lowest BCUT2D eigenvalue weighted by Crippen LogP contribution is -2.38. The van der Waals surface area contributed by atoms with E-state index in [9.17, 15) is 9.59 Å². The van der Waals surface area contributed by atoms with Gasteiger partial charge in [-0.25, -0.2) is 4.79 Å². The van der Waals surface area contributed by atoms with Crippen molar-refractivity contribution in [2.75, 3.05) is 25.0 Å². The number of likely N-dealkylation sites (tertiary alicyclic amines) is 1. The van der Waals surface area contributed by atoms with Crippen LogP contribution in [0.1, 0.15) is 52.0 Å². The lowest BCUT2D eigenvalue weighted by molar-refractivity contribution is -0.131. The van der Waals surface area contributed by atoms with Gasteiger partial charge in [0.1, 0.15) is 11.9 Å². The standard InChI is InChI=1S/C18H27N5O2/c1-18(2,3)23-13-14(12-19)11-15(23)21-17(25)20-8-7-16(24)22-9-5-4-6-10-22/h11,13H,4-10H2,1-3H3,(H2,20,21,25). The van der Waals surface area contributed by atoms with Crippen molar-refractivity contribution in [3.63, 3.8) is 0 Å². The molecular weight excluding hydrogens is 318 g/mol. The molecule has 1 aliphatic heterocycles. The predicted molar refractivity (Wildman–Crippen MR) is 96.2 cm³/mol. The van der Waals surface area contributed by atoms with Crippen molar-refractivity contribution < 1.29 is 9.59 Å². The molecule has 0 saturated carbocycles. The minimum Gasteiger partial charge on any atom is -0.343 e. The summed E-state index contributed by atoms with van der Waals surface area (Å²) in [5.74, 6) is 0.647. The van der Waals surface area contributed by atoms with Crippen LogP contribution >= 0.6 is 0 Å². The predicted octanol–water partition coefficient (Wildman–Crippen LogP) is 2.64. The number of piperidine rings is 1. The third-order valence-corrected chi connectivity index (χ3v) is 4.25. The summed E-state index contributed by atoms with van der Waals surface area (Å²) in [6, 6.07) is 3.35. The molecule has 2 rings (SSSR count). The monoisotopic (exact) mass is 345 g/mol. The third-order valence-electron chi connectivity index (χ3n) is 4.25. The Balaban J connectivity index is 1.85. The van der Waals surface area contributed by atoms with Crippen molar-refractivity contribution in [2.24, 2.45) is 0 Å². The number of anilines is 1. The van der Waals surface area contributed by atoms with Gasteiger partial charge < -0.3 is 14.8 Å². The Morgan fingerprint density at radius 1 is 1.24 bits per heavy atom. The number of rotatable bonds is 4. The smallest absolute Gasteiger partial charge is 0.320 e. The van der Waals surface area contributed by atoms with Crippen LogP contribution in [0.5, 0.6) is 0 Å². The highest BCUT2D eigenvalue weighted by Crippen LogP contribution is 2.23. The van der Waals surface area contributed by atoms with Crippen molar-refractivity contribution in [1.82, 2.24) is 14.8 Å². The zero-order valence-corrected chi connectivity index (χ0v) is 15.3. The van der Waals surface area contributed by atoms with Crippen LogP contribution in [-0.4, -0.2) is 41.0 Å². The number of amides is 3. The van der Waals surface area contributed by atoms with Crippen LogP contribution in [0.25, 0.3) is 0 Å². The second-order valence-electron chi connectivity index (χ2n) is 7.34. The molecule has 7 heteroatoms. The number of carbonyl (C=O) groups excluding carboxylic acids is 2. The molecule has 0 aliphatic carbocycles. The van der Waals surface area contributed by atoms with Crippen molar-refractivity contribution in [2.45, 2.75) is 52.0 Å². The fourth-order valence-electron chi connectivity index (χ4n) is 2.92. The number of urea groups is 1. The molecule has 3 amide bonds. The largest absolute Gasteiger partial charge is 0.343 e. The molecule has 1 saturated heterocycles. The molecule has 0 bridgehead atoms. The molecule has 1 aromatic rings. The first kappa shape index (κ1) is 18.8. The van der Waals surface area contributed by atoms with E-state index in [1.165, 1.54) is 6.42 Å². The lowest BCUT2D eigenvalue weighted by Gasteiger charge is -2.26. The zero-order valence-electron chi connectivity index (χ0n) is 15.3. The zero-order chi connectivity index (χ0) is 18.4. The van der Waals surface area contributed by atoms with Gasteiger partial charge in [0, 0.05) is 37.8 Å². The van der Waals surface area contributed by atoms with Crippen molar-refractivity contribution in [3.8, 4) is 6.07 Å². The first-order valence-corrected chi connectivity index (χ1v) is 8.77. The van der Waals surface area contributed by atoms with Crippen LogP contribution in [0.3, 0.4) is 0 Å². The topological polar surface area (TPSA) is 90.2 Å². The second-order valence-corrected chi connectivity index (χ2v) is 7.34. The van der Waals surface area contributed by atoms with Crippen LogP contribution in [0.15, 0.2) is 12.3 Å². The summed E-state index contributed by atoms with van der Waals surface area (Å²) < 4.78 is 1.85. The molecule has 1 aliphatic rings. The van der Waals surface area contributed by atoms with Crippen molar-refractivity contribution in [1.29, 1.82) is 5.26 Å². The number of nitrogens with zero attached hydrogens (tertiary/aromatic N) is 3. The first-order chi connectivity index (χ1) is 11.8. The highest BCUT2D eigenvalue weighted by Gasteiger charge is 2.20. The number of nitrogens with one attached hydrogen (secondary N) is 2. The summed E-state index contributed by atoms with van der Waals surface area (Å²) >= 11 is 0. The fourth-order valence-corrected chi connectivity index (χ4v) is 2.92. The van der Waals surface area contributed by atoms with Gasteiger partial charge >= 0.3 is 6.03 Å². The molecule has 0 unspecified atom stereocenters. The van der Waals surface area contributed by atoms with E-state index in [1.807, 2.05) is 30.2 Å². The first-order valence-electron chi connectivity index (χ1n) is 8.77. The minimum atomic E-state index is -0.375. The third kappa shape index (κ3) is 5.24. The van der Waals surface area contributed by atoms with Gasteiger partial charge in [-0.3, -0.25) is 10.1 Å². The van der Waals surface area contributed by atoms with E-state index < -0.39 is 0 Å². The van der Waals surface area contributed by atoms with Crippen LogP contribution in [0.2, 0.25) is 0 Å². The highest BCUT2D eigenvalue weighted by molar-refractivity contribution is 5.89. The van der Waals surface area contributed by atoms with Crippen LogP contribution in [0.4, 0.5) is 10.6 Å². The quantitative estimate of drug-likeness (QED) is 0.879. The van der Waals surface area contributed by atoms with E-state index in [0.717, 1.165) is 25.9 Å². The van der Waals surface area contributed by atoms with Gasteiger partial charge in [0.15, 0.2) is 0 Å². The van der Waals surface area contributed by atoms with E-state index >= 15 is 0 Å². The number of aromatic nitrogens is 1. The fraction of sp³-hybridized carbons (Fsp3) is 0.611. The van der Waals surface area contributed by atoms with Gasteiger partial charge in [-0.05, 0) is 46.1 Å². The lowest BCUT2D eigenvalue weighted by atomic mass is 10.1. The van der Waals surface area contributed by atoms with Crippen molar-refractivity contribution in [3.05, 3.63) is 17.8 Å². The average molecular weight is 345 g/mol. The van der Waals surface area contributed by atoms with Gasteiger partial charge in [-0.2, -0.15) is 5.26 Å². The summed E-state index contributed by atoms with van der Waals surface area (Å²) in [5, 5.41) is 14.5. The number of nitriles is 1. The summed E-state index contributed by atoms with van der Waals surface area (Å²) in [4.78, 5) is 26.1. The molecule has 7 nitrogen and oxygen atoms in total. The van der Waals surface area contributed by atoms with Crippen LogP contribution in [0, 0.1) is 11.3 Å². The van der Waals surface area contributed by atoms with Crippen LogP contribution in [-0.2, 0) is 10.3 Å². The molecule has 25 heavy (non-hydrogen) atoms. The van der Waals surface area contributed by atoms with E-state index in [2.05, 4.69) is 16.7 Å². The molecule has 0 spiro atoms. The Morgan fingerprint density at radius 3 is 2.52 bits per heavy atom. The Labute approximate surface area is 149 Å². The SMILES string of the molecule is CC(C)(C)n1cc(C#N)cc1NC(=O)NCCC(=O)N1CCCCC1. The van der Waals surface area contributed by atoms with E-state index in [4.69, 9.17) is 5.26 Å². The van der Waals surface area contributed by atoms with Gasteiger partial charge in [0.05, 0.1) is 5.56 Å². The number of hydrogen-bond acceptors (Lipinski definition) is 3. The van der Waals surface area contributed by atoms with E-state index in [0.29, 0.717) is 24.3 Å². The van der Waals surface area contributed by atoms with Gasteiger partial charge in [0.2, 0.25) is 5.91 Å². The Bertz CT molecular complexity index is 660. The number of hydrogen-bond donors (Lipinski definition) is 2. The second kappa shape index (κ2) is 8.06. The maximum atomic E-state index is 12.1. The highest BCUT2D eigenvalue weighted by atomic mass is 16.2. The molecule has 1 fully saturated rings. The van der Waals surface area contributed by atoms with Gasteiger partial charge in [0.25, 0.3) is 0 Å². The summed E-state index contributed by atoms with van der Waals surface area (Å²) in [6.07, 6.45) is 5.32. The van der Waals surface area contributed by atoms with Gasteiger partial charge in [-0.1, -0.05) is 0 Å². The Morgan fingerprint density at radius 2 is 1.92 bits per heavy atom.